The first-order valence-corrected chi connectivity index (χ1v) is 7.63. The zero-order valence-electron chi connectivity index (χ0n) is 12.1. The molecule has 1 atom stereocenters. The third kappa shape index (κ3) is 1.60. The Morgan fingerprint density at radius 1 is 0.955 bits per heavy atom. The zero-order valence-corrected chi connectivity index (χ0v) is 12.1. The number of fused-ring (bicyclic) bond motifs is 7. The maximum absolute atomic E-state index is 6.00. The fraction of sp³-hybridized carbons (Fsp3) is 0.158. The number of anilines is 1. The van der Waals surface area contributed by atoms with Crippen LogP contribution in [0.4, 0.5) is 5.69 Å². The topological polar surface area (TPSA) is 24.5 Å². The second-order valence-corrected chi connectivity index (χ2v) is 5.89. The molecule has 0 saturated heterocycles. The fourth-order valence-corrected chi connectivity index (χ4v) is 3.67. The van der Waals surface area contributed by atoms with E-state index < -0.39 is 0 Å². The Hall–Kier alpha value is -2.52. The second kappa shape index (κ2) is 4.49. The number of hydrogen-bond donors (Lipinski definition) is 1. The summed E-state index contributed by atoms with van der Waals surface area (Å²) < 4.78 is 6.00. The molecular formula is C19H16N2O. The number of para-hydroxylation sites is 1. The van der Waals surface area contributed by atoms with Gasteiger partial charge >= 0.3 is 0 Å². The van der Waals surface area contributed by atoms with Crippen molar-refractivity contribution in [2.75, 3.05) is 18.7 Å². The van der Waals surface area contributed by atoms with Gasteiger partial charge in [0, 0.05) is 11.3 Å². The molecule has 2 heterocycles. The van der Waals surface area contributed by atoms with E-state index in [1.807, 2.05) is 0 Å². The van der Waals surface area contributed by atoms with E-state index in [0.717, 1.165) is 12.4 Å². The first kappa shape index (κ1) is 12.1. The summed E-state index contributed by atoms with van der Waals surface area (Å²) in [6, 6.07) is 21.7. The second-order valence-electron chi connectivity index (χ2n) is 5.89. The molecule has 3 aromatic carbocycles. The molecule has 0 spiro atoms. The Labute approximate surface area is 129 Å². The quantitative estimate of drug-likeness (QED) is 0.677. The van der Waals surface area contributed by atoms with Gasteiger partial charge in [-0.25, -0.2) is 4.90 Å². The monoisotopic (exact) mass is 288 g/mol. The van der Waals surface area contributed by atoms with Gasteiger partial charge in [-0.2, -0.15) is 0 Å². The van der Waals surface area contributed by atoms with Crippen LogP contribution in [-0.4, -0.2) is 18.3 Å². The molecule has 5 rings (SSSR count). The minimum absolute atomic E-state index is 0.257. The molecule has 1 unspecified atom stereocenters. The summed E-state index contributed by atoms with van der Waals surface area (Å²) in [6.45, 7) is 1.43. The average Bonchev–Trinajstić information content (AvgIpc) is 2.60. The summed E-state index contributed by atoms with van der Waals surface area (Å²) in [5.41, 5.74) is 3.84. The molecule has 2 aliphatic rings. The van der Waals surface area contributed by atoms with E-state index in [9.17, 15) is 0 Å². The average molecular weight is 288 g/mol. The lowest BCUT2D eigenvalue weighted by Gasteiger charge is -2.42. The van der Waals surface area contributed by atoms with Crippen molar-refractivity contribution in [3.63, 3.8) is 0 Å². The highest BCUT2D eigenvalue weighted by atomic mass is 16.5. The predicted molar refractivity (Wildman–Crippen MR) is 88.1 cm³/mol. The van der Waals surface area contributed by atoms with Crippen LogP contribution in [0.3, 0.4) is 0 Å². The van der Waals surface area contributed by atoms with Gasteiger partial charge in [0.05, 0.1) is 12.7 Å². The van der Waals surface area contributed by atoms with Crippen molar-refractivity contribution in [2.45, 2.75) is 6.04 Å². The Morgan fingerprint density at radius 2 is 1.82 bits per heavy atom. The molecule has 3 aromatic rings. The SMILES string of the molecule is c1ccc2c(c1)NCN1COc3ccc4ccccc4c3C21. The molecule has 0 radical (unpaired) electrons. The van der Waals surface area contributed by atoms with Gasteiger partial charge < -0.3 is 10.1 Å². The van der Waals surface area contributed by atoms with Crippen molar-refractivity contribution in [2.24, 2.45) is 0 Å². The van der Waals surface area contributed by atoms with Crippen LogP contribution >= 0.6 is 0 Å². The highest BCUT2D eigenvalue weighted by Gasteiger charge is 2.35. The molecular weight excluding hydrogens is 272 g/mol. The number of nitrogens with zero attached hydrogens (tertiary/aromatic N) is 1. The largest absolute Gasteiger partial charge is 0.478 e. The van der Waals surface area contributed by atoms with Crippen LogP contribution in [-0.2, 0) is 0 Å². The zero-order chi connectivity index (χ0) is 14.5. The van der Waals surface area contributed by atoms with E-state index in [1.165, 1.54) is 27.6 Å². The summed E-state index contributed by atoms with van der Waals surface area (Å²) in [5, 5.41) is 6.04. The number of hydrogen-bond acceptors (Lipinski definition) is 3. The van der Waals surface area contributed by atoms with Gasteiger partial charge in [0.2, 0.25) is 0 Å². The molecule has 0 aromatic heterocycles. The molecule has 2 aliphatic heterocycles. The third-order valence-electron chi connectivity index (χ3n) is 4.68. The van der Waals surface area contributed by atoms with Crippen LogP contribution < -0.4 is 10.1 Å². The van der Waals surface area contributed by atoms with Crippen LogP contribution in [0.5, 0.6) is 5.75 Å². The van der Waals surface area contributed by atoms with Crippen molar-refractivity contribution in [3.8, 4) is 5.75 Å². The number of ether oxygens (including phenoxy) is 1. The van der Waals surface area contributed by atoms with Crippen LogP contribution in [0.1, 0.15) is 17.2 Å². The van der Waals surface area contributed by atoms with Crippen LogP contribution in [0.2, 0.25) is 0 Å². The lowest BCUT2D eigenvalue weighted by molar-refractivity contribution is 0.0778. The van der Waals surface area contributed by atoms with Crippen LogP contribution in [0.15, 0.2) is 60.7 Å². The number of nitrogens with one attached hydrogen (secondary N) is 1. The first-order chi connectivity index (χ1) is 10.9. The van der Waals surface area contributed by atoms with Gasteiger partial charge in [0.15, 0.2) is 0 Å². The first-order valence-electron chi connectivity index (χ1n) is 7.63. The van der Waals surface area contributed by atoms with Gasteiger partial charge in [0.25, 0.3) is 0 Å². The standard InChI is InChI=1S/C19H16N2O/c1-2-6-14-13(5-1)9-10-17-18(14)19-15-7-3-4-8-16(15)20-11-21(19)12-22-17/h1-10,19-20H,11-12H2. The van der Waals surface area contributed by atoms with Gasteiger partial charge in [-0.15, -0.1) is 0 Å². The van der Waals surface area contributed by atoms with E-state index >= 15 is 0 Å². The highest BCUT2D eigenvalue weighted by molar-refractivity contribution is 5.89. The van der Waals surface area contributed by atoms with Crippen LogP contribution in [0.25, 0.3) is 10.8 Å². The molecule has 0 saturated carbocycles. The van der Waals surface area contributed by atoms with Crippen LogP contribution in [0, 0.1) is 0 Å². The summed E-state index contributed by atoms with van der Waals surface area (Å²) in [5.74, 6) is 1.01. The summed E-state index contributed by atoms with van der Waals surface area (Å²) in [7, 11) is 0. The minimum Gasteiger partial charge on any atom is -0.478 e. The summed E-state index contributed by atoms with van der Waals surface area (Å²) in [6.07, 6.45) is 0. The molecule has 0 bridgehead atoms. The van der Waals surface area contributed by atoms with Gasteiger partial charge in [-0.1, -0.05) is 48.5 Å². The Morgan fingerprint density at radius 3 is 2.82 bits per heavy atom. The lowest BCUT2D eigenvalue weighted by Crippen LogP contribution is -2.43. The van der Waals surface area contributed by atoms with Crippen molar-refractivity contribution in [1.29, 1.82) is 0 Å². The van der Waals surface area contributed by atoms with Gasteiger partial charge in [0.1, 0.15) is 12.5 Å². The molecule has 22 heavy (non-hydrogen) atoms. The number of rotatable bonds is 0. The molecule has 0 amide bonds. The van der Waals surface area contributed by atoms with E-state index in [1.54, 1.807) is 0 Å². The van der Waals surface area contributed by atoms with Crippen molar-refractivity contribution < 1.29 is 4.74 Å². The molecule has 0 aliphatic carbocycles. The lowest BCUT2D eigenvalue weighted by atomic mass is 9.89. The Balaban J connectivity index is 1.83. The predicted octanol–water partition coefficient (Wildman–Crippen LogP) is 3.96. The maximum Gasteiger partial charge on any atom is 0.144 e. The summed E-state index contributed by atoms with van der Waals surface area (Å²) in [4.78, 5) is 2.34. The molecule has 3 heteroatoms. The highest BCUT2D eigenvalue weighted by Crippen LogP contribution is 2.45. The van der Waals surface area contributed by atoms with Crippen molar-refractivity contribution in [1.82, 2.24) is 4.90 Å². The maximum atomic E-state index is 6.00. The van der Waals surface area contributed by atoms with E-state index in [0.29, 0.717) is 6.73 Å². The van der Waals surface area contributed by atoms with E-state index in [4.69, 9.17) is 4.74 Å². The van der Waals surface area contributed by atoms with Crippen molar-refractivity contribution in [3.05, 3.63) is 71.8 Å². The smallest absolute Gasteiger partial charge is 0.144 e. The summed E-state index contributed by atoms with van der Waals surface area (Å²) >= 11 is 0. The minimum atomic E-state index is 0.257. The Kier molecular flexibility index (Phi) is 2.46. The molecule has 0 fully saturated rings. The molecule has 3 nitrogen and oxygen atoms in total. The van der Waals surface area contributed by atoms with Gasteiger partial charge in [-0.05, 0) is 28.5 Å². The number of benzene rings is 3. The van der Waals surface area contributed by atoms with Gasteiger partial charge in [-0.3, -0.25) is 0 Å². The third-order valence-corrected chi connectivity index (χ3v) is 4.68. The fourth-order valence-electron chi connectivity index (χ4n) is 3.67. The molecule has 108 valence electrons. The van der Waals surface area contributed by atoms with E-state index in [2.05, 4.69) is 70.9 Å². The van der Waals surface area contributed by atoms with E-state index in [-0.39, 0.29) is 6.04 Å². The molecule has 1 N–H and O–H groups in total. The Bertz CT molecular complexity index is 874. The van der Waals surface area contributed by atoms with Crippen molar-refractivity contribution >= 4 is 16.5 Å². The normalized spacial score (nSPS) is 19.5.